The van der Waals surface area contributed by atoms with Gasteiger partial charge in [0.25, 0.3) is 5.91 Å². The van der Waals surface area contributed by atoms with E-state index in [9.17, 15) is 14.2 Å². The van der Waals surface area contributed by atoms with Crippen molar-refractivity contribution in [2.24, 2.45) is 0 Å². The van der Waals surface area contributed by atoms with Crippen LogP contribution in [0.25, 0.3) is 0 Å². The van der Waals surface area contributed by atoms with Gasteiger partial charge in [-0.3, -0.25) is 14.4 Å². The van der Waals surface area contributed by atoms with E-state index in [1.54, 1.807) is 24.1 Å². The number of nitrogens with zero attached hydrogens (tertiary/aromatic N) is 3. The van der Waals surface area contributed by atoms with Gasteiger partial charge >= 0.3 is 6.09 Å². The minimum Gasteiger partial charge on any atom is -0.496 e. The minimum absolute atomic E-state index is 0.0225. The first-order valence-electron chi connectivity index (χ1n) is 14.4. The van der Waals surface area contributed by atoms with E-state index in [4.69, 9.17) is 14.2 Å². The van der Waals surface area contributed by atoms with Crippen molar-refractivity contribution in [2.75, 3.05) is 50.5 Å². The second-order valence-corrected chi connectivity index (χ2v) is 14.2. The summed E-state index contributed by atoms with van der Waals surface area (Å²) in [6.07, 6.45) is 4.09. The van der Waals surface area contributed by atoms with Gasteiger partial charge in [0.1, 0.15) is 31.5 Å². The molecule has 2 aromatic carbocycles. The van der Waals surface area contributed by atoms with Gasteiger partial charge in [0.15, 0.2) is 0 Å². The third-order valence-electron chi connectivity index (χ3n) is 8.54. The van der Waals surface area contributed by atoms with Gasteiger partial charge in [-0.05, 0) is 43.9 Å². The second kappa shape index (κ2) is 12.2. The van der Waals surface area contributed by atoms with Crippen molar-refractivity contribution in [1.82, 2.24) is 9.57 Å². The van der Waals surface area contributed by atoms with Gasteiger partial charge in [0, 0.05) is 56.2 Å². The smallest absolute Gasteiger partial charge is 0.414 e. The maximum atomic E-state index is 13.5. The van der Waals surface area contributed by atoms with E-state index in [1.165, 1.54) is 0 Å². The van der Waals surface area contributed by atoms with E-state index in [0.717, 1.165) is 37.2 Å². The molecule has 0 aromatic heterocycles. The molecule has 0 N–H and O–H groups in total. The Balaban J connectivity index is 1.19. The standard InChI is InChI=1S/C30H40N3O6P/c1-4-40(36,5-2)32-18-14-24(15-19-32)39-25-10-11-26(28(20-25)37-3)29(34)31-16-12-23(13-17-31)33-27-9-7-6-8-22(27)21-38-30(33)35/h6-11,20,23-24H,4-5,12-19,21H2,1-3H3. The number of hydrogen-bond donors (Lipinski definition) is 0. The number of fused-ring (bicyclic) bond motifs is 1. The number of ether oxygens (including phenoxy) is 3. The zero-order valence-electron chi connectivity index (χ0n) is 23.7. The SMILES string of the molecule is CCP(=O)(CC)N1CCC(Oc2ccc(C(=O)N3CCC(N4C(=O)OCc5ccccc54)CC3)c(OC)c2)CC1. The van der Waals surface area contributed by atoms with Crippen molar-refractivity contribution >= 4 is 25.0 Å². The van der Waals surface area contributed by atoms with Crippen molar-refractivity contribution < 1.29 is 28.4 Å². The number of hydrogen-bond acceptors (Lipinski definition) is 6. The first-order valence-corrected chi connectivity index (χ1v) is 16.4. The fourth-order valence-electron chi connectivity index (χ4n) is 6.08. The molecule has 2 aromatic rings. The molecular formula is C30H40N3O6P. The molecule has 3 heterocycles. The quantitative estimate of drug-likeness (QED) is 0.382. The van der Waals surface area contributed by atoms with Gasteiger partial charge in [0.2, 0.25) is 0 Å². The summed E-state index contributed by atoms with van der Waals surface area (Å²) in [6, 6.07) is 13.2. The number of benzene rings is 2. The van der Waals surface area contributed by atoms with Crippen molar-refractivity contribution in [2.45, 2.75) is 58.3 Å². The molecule has 10 heteroatoms. The fourth-order valence-corrected chi connectivity index (χ4v) is 8.29. The number of piperidine rings is 2. The Bertz CT molecular complexity index is 1260. The summed E-state index contributed by atoms with van der Waals surface area (Å²) in [5, 5.41) is 0. The summed E-state index contributed by atoms with van der Waals surface area (Å²) in [5.41, 5.74) is 2.40. The summed E-state index contributed by atoms with van der Waals surface area (Å²) < 4.78 is 32.5. The summed E-state index contributed by atoms with van der Waals surface area (Å²) in [7, 11) is -0.687. The highest BCUT2D eigenvalue weighted by atomic mass is 31.2. The van der Waals surface area contributed by atoms with Gasteiger partial charge in [-0.2, -0.15) is 0 Å². The molecule has 0 saturated carbocycles. The van der Waals surface area contributed by atoms with Crippen molar-refractivity contribution in [3.63, 3.8) is 0 Å². The molecule has 216 valence electrons. The van der Waals surface area contributed by atoms with Crippen LogP contribution in [0.15, 0.2) is 42.5 Å². The number of para-hydroxylation sites is 1. The zero-order valence-corrected chi connectivity index (χ0v) is 24.6. The van der Waals surface area contributed by atoms with Gasteiger partial charge in [-0.1, -0.05) is 32.0 Å². The maximum Gasteiger partial charge on any atom is 0.414 e. The van der Waals surface area contributed by atoms with Crippen molar-refractivity contribution in [3.8, 4) is 11.5 Å². The molecule has 3 aliphatic heterocycles. The zero-order chi connectivity index (χ0) is 28.3. The highest BCUT2D eigenvalue weighted by Gasteiger charge is 2.36. The van der Waals surface area contributed by atoms with Crippen LogP contribution in [0.5, 0.6) is 11.5 Å². The second-order valence-electron chi connectivity index (χ2n) is 10.7. The van der Waals surface area contributed by atoms with Gasteiger partial charge in [-0.25, -0.2) is 4.79 Å². The Morgan fingerprint density at radius 3 is 2.38 bits per heavy atom. The molecule has 2 fully saturated rings. The first-order chi connectivity index (χ1) is 19.4. The van der Waals surface area contributed by atoms with Crippen LogP contribution >= 0.6 is 7.29 Å². The highest BCUT2D eigenvalue weighted by molar-refractivity contribution is 7.61. The molecule has 0 atom stereocenters. The van der Waals surface area contributed by atoms with Crippen LogP contribution in [0.4, 0.5) is 10.5 Å². The maximum absolute atomic E-state index is 13.5. The topological polar surface area (TPSA) is 88.6 Å². The highest BCUT2D eigenvalue weighted by Crippen LogP contribution is 2.50. The third kappa shape index (κ3) is 5.72. The Morgan fingerprint density at radius 2 is 1.70 bits per heavy atom. The first kappa shape index (κ1) is 28.5. The number of anilines is 1. The van der Waals surface area contributed by atoms with E-state index >= 15 is 0 Å². The fraction of sp³-hybridized carbons (Fsp3) is 0.533. The summed E-state index contributed by atoms with van der Waals surface area (Å²) in [5.74, 6) is 1.06. The molecule has 0 radical (unpaired) electrons. The number of cyclic esters (lactones) is 1. The Labute approximate surface area is 236 Å². The van der Waals surface area contributed by atoms with Crippen molar-refractivity contribution in [1.29, 1.82) is 0 Å². The lowest BCUT2D eigenvalue weighted by Gasteiger charge is -2.40. The molecule has 2 amide bonds. The molecular weight excluding hydrogens is 529 g/mol. The van der Waals surface area contributed by atoms with Crippen LogP contribution in [-0.4, -0.2) is 79.3 Å². The Morgan fingerprint density at radius 1 is 1.00 bits per heavy atom. The number of rotatable bonds is 8. The van der Waals surface area contributed by atoms with E-state index in [0.29, 0.717) is 61.9 Å². The van der Waals surface area contributed by atoms with Gasteiger partial charge < -0.3 is 23.7 Å². The molecule has 5 rings (SSSR count). The van der Waals surface area contributed by atoms with E-state index < -0.39 is 7.29 Å². The number of likely N-dealkylation sites (tertiary alicyclic amines) is 1. The average Bonchev–Trinajstić information content (AvgIpc) is 3.00. The number of amides is 2. The number of methoxy groups -OCH3 is 1. The lowest BCUT2D eigenvalue weighted by molar-refractivity contribution is 0.0705. The van der Waals surface area contributed by atoms with Gasteiger partial charge in [-0.15, -0.1) is 0 Å². The normalized spacial score (nSPS) is 19.2. The largest absolute Gasteiger partial charge is 0.496 e. The minimum atomic E-state index is -2.25. The lowest BCUT2D eigenvalue weighted by atomic mass is 10.00. The predicted molar refractivity (Wildman–Crippen MR) is 155 cm³/mol. The summed E-state index contributed by atoms with van der Waals surface area (Å²) in [4.78, 5) is 29.7. The number of carbonyl (C=O) groups excluding carboxylic acids is 2. The summed E-state index contributed by atoms with van der Waals surface area (Å²) in [6.45, 7) is 6.93. The monoisotopic (exact) mass is 569 g/mol. The van der Waals surface area contributed by atoms with Crippen LogP contribution in [0.3, 0.4) is 0 Å². The van der Waals surface area contributed by atoms with Crippen LogP contribution in [-0.2, 0) is 15.9 Å². The Hall–Kier alpha value is -3.03. The molecule has 0 spiro atoms. The van der Waals surface area contributed by atoms with Crippen LogP contribution in [0, 0.1) is 0 Å². The van der Waals surface area contributed by atoms with E-state index in [2.05, 4.69) is 4.67 Å². The molecule has 2 saturated heterocycles. The molecule has 0 bridgehead atoms. The van der Waals surface area contributed by atoms with Gasteiger partial charge in [0.05, 0.1) is 18.4 Å². The third-order valence-corrected chi connectivity index (χ3v) is 12.0. The molecule has 9 nitrogen and oxygen atoms in total. The molecule has 0 aliphatic carbocycles. The molecule has 3 aliphatic rings. The summed E-state index contributed by atoms with van der Waals surface area (Å²) >= 11 is 0. The molecule has 40 heavy (non-hydrogen) atoms. The predicted octanol–water partition coefficient (Wildman–Crippen LogP) is 5.62. The van der Waals surface area contributed by atoms with Crippen LogP contribution < -0.4 is 14.4 Å². The van der Waals surface area contributed by atoms with Crippen molar-refractivity contribution in [3.05, 3.63) is 53.6 Å². The van der Waals surface area contributed by atoms with E-state index in [-0.39, 0.29) is 24.1 Å². The molecule has 0 unspecified atom stereocenters. The van der Waals surface area contributed by atoms with Crippen LogP contribution in [0.2, 0.25) is 0 Å². The van der Waals surface area contributed by atoms with Crippen LogP contribution in [0.1, 0.15) is 55.5 Å². The lowest BCUT2D eigenvalue weighted by Crippen LogP contribution is -2.50. The number of carbonyl (C=O) groups is 2. The average molecular weight is 570 g/mol. The Kier molecular flexibility index (Phi) is 8.71. The van der Waals surface area contributed by atoms with E-state index in [1.807, 2.05) is 49.1 Å².